The minimum absolute atomic E-state index is 0.243. The van der Waals surface area contributed by atoms with Crippen molar-refractivity contribution in [2.75, 3.05) is 6.61 Å². The summed E-state index contributed by atoms with van der Waals surface area (Å²) in [6, 6.07) is 6.30. The normalized spacial score (nSPS) is 13.5. The van der Waals surface area contributed by atoms with E-state index in [2.05, 4.69) is 64.8 Å². The van der Waals surface area contributed by atoms with E-state index in [9.17, 15) is 0 Å². The Bertz CT molecular complexity index is 374. The minimum Gasteiger partial charge on any atom is -0.493 e. The predicted molar refractivity (Wildman–Crippen MR) is 81.1 cm³/mol. The van der Waals surface area contributed by atoms with Gasteiger partial charge in [-0.25, -0.2) is 0 Å². The lowest BCUT2D eigenvalue weighted by Gasteiger charge is -2.29. The van der Waals surface area contributed by atoms with Crippen LogP contribution in [0.5, 0.6) is 5.75 Å². The van der Waals surface area contributed by atoms with Gasteiger partial charge in [0.2, 0.25) is 0 Å². The van der Waals surface area contributed by atoms with E-state index in [1.807, 2.05) is 13.0 Å². The fourth-order valence-electron chi connectivity index (χ4n) is 1.58. The maximum atomic E-state index is 5.52. The van der Waals surface area contributed by atoms with Gasteiger partial charge in [0.15, 0.2) is 0 Å². The number of ether oxygens (including phenoxy) is 1. The smallest absolute Gasteiger partial charge is 0.133 e. The van der Waals surface area contributed by atoms with Crippen molar-refractivity contribution in [3.63, 3.8) is 0 Å². The average molecular weight is 364 g/mol. The van der Waals surface area contributed by atoms with Crippen molar-refractivity contribution in [2.45, 2.75) is 38.9 Å². The Labute approximate surface area is 121 Å². The van der Waals surface area contributed by atoms with Crippen LogP contribution in [0.3, 0.4) is 0 Å². The van der Waals surface area contributed by atoms with Crippen LogP contribution >= 0.6 is 31.9 Å². The molecule has 1 nitrogen and oxygen atoms in total. The van der Waals surface area contributed by atoms with E-state index in [1.54, 1.807) is 0 Å². The Balaban J connectivity index is 2.97. The molecule has 1 unspecified atom stereocenters. The summed E-state index contributed by atoms with van der Waals surface area (Å²) in [7, 11) is 0. The summed E-state index contributed by atoms with van der Waals surface area (Å²) in [5, 5.41) is 0. The molecule has 1 rings (SSSR count). The Morgan fingerprint density at radius 3 is 2.41 bits per heavy atom. The SMILES string of the molecule is CCOc1ccc(C(Br)C(C)(C)CC)cc1Br. The van der Waals surface area contributed by atoms with E-state index in [4.69, 9.17) is 4.74 Å². The monoisotopic (exact) mass is 362 g/mol. The topological polar surface area (TPSA) is 9.23 Å². The molecule has 0 N–H and O–H groups in total. The van der Waals surface area contributed by atoms with Crippen LogP contribution in [0.2, 0.25) is 0 Å². The third-order valence-electron chi connectivity index (χ3n) is 3.15. The second-order valence-corrected chi connectivity index (χ2v) is 6.60. The van der Waals surface area contributed by atoms with Gasteiger partial charge < -0.3 is 4.74 Å². The van der Waals surface area contributed by atoms with Crippen LogP contribution < -0.4 is 4.74 Å². The highest BCUT2D eigenvalue weighted by Gasteiger charge is 2.27. The second-order valence-electron chi connectivity index (χ2n) is 4.83. The summed E-state index contributed by atoms with van der Waals surface area (Å²) in [5.74, 6) is 0.908. The summed E-state index contributed by atoms with van der Waals surface area (Å²) in [5.41, 5.74) is 1.53. The zero-order valence-corrected chi connectivity index (χ0v) is 14.1. The number of alkyl halides is 1. The molecule has 0 radical (unpaired) electrons. The van der Waals surface area contributed by atoms with Gasteiger partial charge in [-0.1, -0.05) is 42.8 Å². The molecule has 0 heterocycles. The van der Waals surface area contributed by atoms with Crippen LogP contribution in [-0.2, 0) is 0 Å². The average Bonchev–Trinajstić information content (AvgIpc) is 2.31. The molecule has 0 aliphatic rings. The Morgan fingerprint density at radius 2 is 1.94 bits per heavy atom. The van der Waals surface area contributed by atoms with Crippen molar-refractivity contribution >= 4 is 31.9 Å². The molecule has 1 aromatic rings. The zero-order valence-electron chi connectivity index (χ0n) is 10.9. The number of hydrogen-bond donors (Lipinski definition) is 0. The lowest BCUT2D eigenvalue weighted by atomic mass is 9.83. The molecular weight excluding hydrogens is 344 g/mol. The van der Waals surface area contributed by atoms with Gasteiger partial charge in [0.25, 0.3) is 0 Å². The van der Waals surface area contributed by atoms with Gasteiger partial charge in [0, 0.05) is 4.83 Å². The Morgan fingerprint density at radius 1 is 1.29 bits per heavy atom. The first-order valence-electron chi connectivity index (χ1n) is 5.98. The second kappa shape index (κ2) is 6.24. The van der Waals surface area contributed by atoms with E-state index in [1.165, 1.54) is 5.56 Å². The highest BCUT2D eigenvalue weighted by molar-refractivity contribution is 9.10. The first-order valence-corrected chi connectivity index (χ1v) is 7.69. The summed E-state index contributed by atoms with van der Waals surface area (Å²) >= 11 is 7.36. The van der Waals surface area contributed by atoms with Crippen LogP contribution in [0.4, 0.5) is 0 Å². The molecule has 0 aliphatic carbocycles. The predicted octanol–water partition coefficient (Wildman–Crippen LogP) is 5.72. The number of halogens is 2. The number of hydrogen-bond acceptors (Lipinski definition) is 1. The van der Waals surface area contributed by atoms with Crippen LogP contribution in [0.1, 0.15) is 44.5 Å². The van der Waals surface area contributed by atoms with Crippen molar-refractivity contribution in [2.24, 2.45) is 5.41 Å². The first kappa shape index (κ1) is 15.0. The van der Waals surface area contributed by atoms with E-state index in [-0.39, 0.29) is 5.41 Å². The maximum absolute atomic E-state index is 5.52. The van der Waals surface area contributed by atoms with Crippen LogP contribution in [-0.4, -0.2) is 6.61 Å². The van der Waals surface area contributed by atoms with Crippen molar-refractivity contribution in [3.8, 4) is 5.75 Å². The molecule has 0 spiro atoms. The van der Waals surface area contributed by atoms with Crippen LogP contribution in [0.25, 0.3) is 0 Å². The first-order chi connectivity index (χ1) is 7.92. The number of benzene rings is 1. The Hall–Kier alpha value is -0.0200. The van der Waals surface area contributed by atoms with Gasteiger partial charge in [0.1, 0.15) is 5.75 Å². The van der Waals surface area contributed by atoms with Crippen LogP contribution in [0.15, 0.2) is 22.7 Å². The van der Waals surface area contributed by atoms with Gasteiger partial charge in [-0.2, -0.15) is 0 Å². The molecule has 1 aromatic carbocycles. The molecule has 96 valence electrons. The largest absolute Gasteiger partial charge is 0.493 e. The van der Waals surface area contributed by atoms with Crippen molar-refractivity contribution in [1.82, 2.24) is 0 Å². The lowest BCUT2D eigenvalue weighted by Crippen LogP contribution is -2.16. The quantitative estimate of drug-likeness (QED) is 0.608. The highest BCUT2D eigenvalue weighted by Crippen LogP contribution is 2.44. The molecule has 17 heavy (non-hydrogen) atoms. The van der Waals surface area contributed by atoms with Crippen molar-refractivity contribution in [3.05, 3.63) is 28.2 Å². The van der Waals surface area contributed by atoms with Gasteiger partial charge in [-0.15, -0.1) is 0 Å². The zero-order chi connectivity index (χ0) is 13.1. The number of rotatable bonds is 5. The van der Waals surface area contributed by atoms with E-state index < -0.39 is 0 Å². The molecule has 0 amide bonds. The van der Waals surface area contributed by atoms with Crippen molar-refractivity contribution < 1.29 is 4.74 Å². The van der Waals surface area contributed by atoms with Gasteiger partial charge in [-0.05, 0) is 52.4 Å². The molecule has 0 saturated heterocycles. The molecule has 0 aromatic heterocycles. The highest BCUT2D eigenvalue weighted by atomic mass is 79.9. The third kappa shape index (κ3) is 3.72. The minimum atomic E-state index is 0.243. The lowest BCUT2D eigenvalue weighted by molar-refractivity contribution is 0.335. The summed E-state index contributed by atoms with van der Waals surface area (Å²) < 4.78 is 6.54. The Kier molecular flexibility index (Phi) is 5.52. The molecular formula is C14H20Br2O. The van der Waals surface area contributed by atoms with Crippen molar-refractivity contribution in [1.29, 1.82) is 0 Å². The molecule has 0 aliphatic heterocycles. The summed E-state index contributed by atoms with van der Waals surface area (Å²) in [6.45, 7) is 9.45. The standard InChI is InChI=1S/C14H20Br2O/c1-5-14(3,4)13(16)10-7-8-12(17-6-2)11(15)9-10/h7-9,13H,5-6H2,1-4H3. The maximum Gasteiger partial charge on any atom is 0.133 e. The van der Waals surface area contributed by atoms with Crippen LogP contribution in [0, 0.1) is 5.41 Å². The van der Waals surface area contributed by atoms with Gasteiger partial charge in [-0.3, -0.25) is 0 Å². The molecule has 1 atom stereocenters. The third-order valence-corrected chi connectivity index (χ3v) is 5.53. The molecule has 0 saturated carbocycles. The molecule has 0 fully saturated rings. The summed E-state index contributed by atoms with van der Waals surface area (Å²) in [6.07, 6.45) is 1.13. The fraction of sp³-hybridized carbons (Fsp3) is 0.571. The van der Waals surface area contributed by atoms with Gasteiger partial charge >= 0.3 is 0 Å². The van der Waals surface area contributed by atoms with E-state index >= 15 is 0 Å². The van der Waals surface area contributed by atoms with E-state index in [0.29, 0.717) is 11.4 Å². The fourth-order valence-corrected chi connectivity index (χ4v) is 2.70. The van der Waals surface area contributed by atoms with E-state index in [0.717, 1.165) is 16.6 Å². The summed E-state index contributed by atoms with van der Waals surface area (Å²) in [4.78, 5) is 0.354. The molecule has 3 heteroatoms. The van der Waals surface area contributed by atoms with Gasteiger partial charge in [0.05, 0.1) is 11.1 Å². The molecule has 0 bridgehead atoms.